The predicted molar refractivity (Wildman–Crippen MR) is 113 cm³/mol. The molecule has 0 spiro atoms. The van der Waals surface area contributed by atoms with Gasteiger partial charge in [0, 0.05) is 19.6 Å². The number of aliphatic imine (C=N–C) groups is 1. The molecule has 0 atom stereocenters. The quantitative estimate of drug-likeness (QED) is 0.406. The molecule has 1 aromatic rings. The number of rotatable bonds is 4. The summed E-state index contributed by atoms with van der Waals surface area (Å²) in [4.78, 5) is 6.71. The van der Waals surface area contributed by atoms with Gasteiger partial charge in [0.2, 0.25) is 0 Å². The first-order valence-corrected chi connectivity index (χ1v) is 9.83. The lowest BCUT2D eigenvalue weighted by Gasteiger charge is -2.39. The molecule has 0 bridgehead atoms. The Labute approximate surface area is 168 Å². The Kier molecular flexibility index (Phi) is 7.98. The third-order valence-electron chi connectivity index (χ3n) is 4.22. The summed E-state index contributed by atoms with van der Waals surface area (Å²) in [6.07, 6.45) is 0. The Hall–Kier alpha value is -1.03. The van der Waals surface area contributed by atoms with Crippen molar-refractivity contribution in [3.8, 4) is 5.75 Å². The highest BCUT2D eigenvalue weighted by Gasteiger charge is 2.40. The largest absolute Gasteiger partial charge is 0.497 e. The van der Waals surface area contributed by atoms with E-state index in [9.17, 15) is 8.42 Å². The number of methoxy groups -OCH3 is 1. The first-order valence-electron chi connectivity index (χ1n) is 8.17. The van der Waals surface area contributed by atoms with E-state index in [0.717, 1.165) is 23.8 Å². The number of sulfone groups is 1. The maximum absolute atomic E-state index is 12.2. The Morgan fingerprint density at radius 1 is 1.40 bits per heavy atom. The number of ether oxygens (including phenoxy) is 1. The Balaban J connectivity index is 0.00000312. The molecule has 0 radical (unpaired) electrons. The van der Waals surface area contributed by atoms with E-state index in [2.05, 4.69) is 10.3 Å². The summed E-state index contributed by atoms with van der Waals surface area (Å²) in [5.41, 5.74) is 1.05. The molecule has 0 unspecified atom stereocenters. The molecule has 25 heavy (non-hydrogen) atoms. The molecule has 1 aliphatic heterocycles. The zero-order valence-electron chi connectivity index (χ0n) is 15.3. The van der Waals surface area contributed by atoms with Crippen molar-refractivity contribution in [2.45, 2.75) is 32.1 Å². The highest BCUT2D eigenvalue weighted by atomic mass is 127. The van der Waals surface area contributed by atoms with Crippen LogP contribution in [0.25, 0.3) is 0 Å². The van der Waals surface area contributed by atoms with E-state index < -0.39 is 14.6 Å². The molecule has 1 aliphatic rings. The highest BCUT2D eigenvalue weighted by Crippen LogP contribution is 2.24. The summed E-state index contributed by atoms with van der Waals surface area (Å²) in [5, 5.41) is 3.27. The lowest BCUT2D eigenvalue weighted by atomic mass is 10.2. The molecule has 0 aliphatic carbocycles. The van der Waals surface area contributed by atoms with Crippen LogP contribution in [0, 0.1) is 0 Å². The first kappa shape index (κ1) is 22.0. The average molecular weight is 481 g/mol. The number of halogens is 1. The highest BCUT2D eigenvalue weighted by molar-refractivity contribution is 14.0. The van der Waals surface area contributed by atoms with Crippen molar-refractivity contribution in [3.63, 3.8) is 0 Å². The third-order valence-corrected chi connectivity index (χ3v) is 6.76. The molecule has 1 fully saturated rings. The minimum Gasteiger partial charge on any atom is -0.497 e. The van der Waals surface area contributed by atoms with E-state index in [1.165, 1.54) is 0 Å². The van der Waals surface area contributed by atoms with Crippen molar-refractivity contribution >= 4 is 39.8 Å². The standard InChI is InChI=1S/C17H27N3O3S.HI/c1-5-18-16(19-12-14-7-6-8-15(11-14)23-4)20-9-10-24(21,22)17(2,3)13-20;/h6-8,11H,5,9-10,12-13H2,1-4H3,(H,18,19);1H. The van der Waals surface area contributed by atoms with Crippen LogP contribution >= 0.6 is 24.0 Å². The monoisotopic (exact) mass is 481 g/mol. The fraction of sp³-hybridized carbons (Fsp3) is 0.588. The van der Waals surface area contributed by atoms with Crippen molar-refractivity contribution in [2.24, 2.45) is 4.99 Å². The van der Waals surface area contributed by atoms with Crippen LogP contribution in [0.2, 0.25) is 0 Å². The van der Waals surface area contributed by atoms with Crippen LogP contribution in [0.1, 0.15) is 26.3 Å². The predicted octanol–water partition coefficient (Wildman–Crippen LogP) is 2.29. The molecule has 1 saturated heterocycles. The van der Waals surface area contributed by atoms with Crippen LogP contribution < -0.4 is 10.1 Å². The summed E-state index contributed by atoms with van der Waals surface area (Å²) in [5.74, 6) is 1.71. The van der Waals surface area contributed by atoms with Crippen molar-refractivity contribution in [1.29, 1.82) is 0 Å². The van der Waals surface area contributed by atoms with Crippen LogP contribution in [0.15, 0.2) is 29.3 Å². The van der Waals surface area contributed by atoms with Crippen molar-refractivity contribution < 1.29 is 13.2 Å². The summed E-state index contributed by atoms with van der Waals surface area (Å²) in [6, 6.07) is 7.79. The van der Waals surface area contributed by atoms with Gasteiger partial charge in [-0.05, 0) is 38.5 Å². The van der Waals surface area contributed by atoms with E-state index in [1.54, 1.807) is 21.0 Å². The van der Waals surface area contributed by atoms with Crippen LogP contribution in [0.5, 0.6) is 5.75 Å². The summed E-state index contributed by atoms with van der Waals surface area (Å²) in [7, 11) is -1.42. The van der Waals surface area contributed by atoms with Crippen molar-refractivity contribution in [1.82, 2.24) is 10.2 Å². The van der Waals surface area contributed by atoms with Gasteiger partial charge in [-0.15, -0.1) is 24.0 Å². The SMILES string of the molecule is CCNC(=NCc1cccc(OC)c1)N1CCS(=O)(=O)C(C)(C)C1.I. The second kappa shape index (κ2) is 9.07. The van der Waals surface area contributed by atoms with Gasteiger partial charge in [0.05, 0.1) is 24.2 Å². The van der Waals surface area contributed by atoms with E-state index in [0.29, 0.717) is 19.6 Å². The lowest BCUT2D eigenvalue weighted by Crippen LogP contribution is -2.57. The van der Waals surface area contributed by atoms with Gasteiger partial charge in [-0.1, -0.05) is 12.1 Å². The molecule has 142 valence electrons. The molecule has 1 heterocycles. The van der Waals surface area contributed by atoms with Crippen LogP contribution in [0.4, 0.5) is 0 Å². The zero-order valence-corrected chi connectivity index (χ0v) is 18.4. The maximum atomic E-state index is 12.2. The topological polar surface area (TPSA) is 71.0 Å². The van der Waals surface area contributed by atoms with Gasteiger partial charge in [-0.3, -0.25) is 0 Å². The molecular formula is C17H28IN3O3S. The minimum absolute atomic E-state index is 0. The van der Waals surface area contributed by atoms with E-state index in [-0.39, 0.29) is 29.7 Å². The Bertz CT molecular complexity index is 705. The van der Waals surface area contributed by atoms with Crippen molar-refractivity contribution in [2.75, 3.05) is 32.5 Å². The van der Waals surface area contributed by atoms with Gasteiger partial charge in [0.1, 0.15) is 5.75 Å². The molecule has 0 aromatic heterocycles. The van der Waals surface area contributed by atoms with Gasteiger partial charge >= 0.3 is 0 Å². The molecule has 6 nitrogen and oxygen atoms in total. The molecule has 0 amide bonds. The number of hydrogen-bond acceptors (Lipinski definition) is 4. The second-order valence-corrected chi connectivity index (χ2v) is 9.26. The molecule has 2 rings (SSSR count). The number of benzene rings is 1. The van der Waals surface area contributed by atoms with E-state index >= 15 is 0 Å². The Morgan fingerprint density at radius 3 is 2.72 bits per heavy atom. The normalized spacial score (nSPS) is 19.0. The number of nitrogens with one attached hydrogen (secondary N) is 1. The zero-order chi connectivity index (χ0) is 17.8. The maximum Gasteiger partial charge on any atom is 0.194 e. The van der Waals surface area contributed by atoms with Gasteiger partial charge in [-0.2, -0.15) is 0 Å². The first-order chi connectivity index (χ1) is 11.3. The van der Waals surface area contributed by atoms with E-state index in [1.807, 2.05) is 36.1 Å². The smallest absolute Gasteiger partial charge is 0.194 e. The van der Waals surface area contributed by atoms with Gasteiger partial charge in [0.25, 0.3) is 0 Å². The van der Waals surface area contributed by atoms with Gasteiger partial charge < -0.3 is 15.0 Å². The van der Waals surface area contributed by atoms with Crippen LogP contribution in [-0.2, 0) is 16.4 Å². The lowest BCUT2D eigenvalue weighted by molar-refractivity contribution is 0.353. The summed E-state index contributed by atoms with van der Waals surface area (Å²) in [6.45, 7) is 7.73. The number of hydrogen-bond donors (Lipinski definition) is 1. The molecular weight excluding hydrogens is 453 g/mol. The molecule has 8 heteroatoms. The molecule has 1 aromatic carbocycles. The summed E-state index contributed by atoms with van der Waals surface area (Å²) < 4.78 is 28.8. The fourth-order valence-corrected chi connectivity index (χ4v) is 4.05. The van der Waals surface area contributed by atoms with Crippen molar-refractivity contribution in [3.05, 3.63) is 29.8 Å². The third kappa shape index (κ3) is 5.47. The average Bonchev–Trinajstić information content (AvgIpc) is 2.54. The fourth-order valence-electron chi connectivity index (χ4n) is 2.69. The second-order valence-electron chi connectivity index (χ2n) is 6.52. The van der Waals surface area contributed by atoms with E-state index in [4.69, 9.17) is 4.74 Å². The van der Waals surface area contributed by atoms with Gasteiger partial charge in [0.15, 0.2) is 15.8 Å². The van der Waals surface area contributed by atoms with Gasteiger partial charge in [-0.25, -0.2) is 13.4 Å². The number of guanidine groups is 1. The summed E-state index contributed by atoms with van der Waals surface area (Å²) >= 11 is 0. The number of nitrogens with zero attached hydrogens (tertiary/aromatic N) is 2. The van der Waals surface area contributed by atoms with Crippen LogP contribution in [0.3, 0.4) is 0 Å². The Morgan fingerprint density at radius 2 is 2.12 bits per heavy atom. The van der Waals surface area contributed by atoms with Crippen LogP contribution in [-0.4, -0.2) is 56.5 Å². The molecule has 1 N–H and O–H groups in total. The molecule has 0 saturated carbocycles. The minimum atomic E-state index is -3.06.